The highest BCUT2D eigenvalue weighted by Gasteiger charge is 2.27. The minimum Gasteiger partial charge on any atom is -0.459 e. The van der Waals surface area contributed by atoms with Crippen molar-refractivity contribution in [2.45, 2.75) is 51.4 Å². The minimum absolute atomic E-state index is 0.0981. The molecule has 3 aromatic rings. The molecule has 0 radical (unpaired) electrons. The number of furan rings is 1. The van der Waals surface area contributed by atoms with Gasteiger partial charge in [0.05, 0.1) is 12.4 Å². The molecule has 0 bridgehead atoms. The Hall–Kier alpha value is -3.58. The number of nitrogens with zero attached hydrogens (tertiary/aromatic N) is 1. The van der Waals surface area contributed by atoms with Crippen molar-refractivity contribution < 1.29 is 18.7 Å². The van der Waals surface area contributed by atoms with Crippen molar-refractivity contribution in [2.24, 2.45) is 0 Å². The van der Waals surface area contributed by atoms with Crippen molar-refractivity contribution in [2.75, 3.05) is 18.1 Å². The number of carbonyl (C=O) groups excluding carboxylic acids is 2. The molecule has 2 aliphatic heterocycles. The van der Waals surface area contributed by atoms with Gasteiger partial charge in [-0.3, -0.25) is 9.59 Å². The summed E-state index contributed by atoms with van der Waals surface area (Å²) in [4.78, 5) is 27.8. The van der Waals surface area contributed by atoms with Crippen LogP contribution < -0.4 is 15.5 Å². The molecule has 1 fully saturated rings. The lowest BCUT2D eigenvalue weighted by molar-refractivity contribution is 0.0857. The van der Waals surface area contributed by atoms with Crippen LogP contribution in [0.25, 0.3) is 0 Å². The van der Waals surface area contributed by atoms with Crippen LogP contribution in [0.5, 0.6) is 0 Å². The fourth-order valence-corrected chi connectivity index (χ4v) is 4.91. The summed E-state index contributed by atoms with van der Waals surface area (Å²) >= 11 is 0. The topological polar surface area (TPSA) is 83.8 Å². The summed E-state index contributed by atoms with van der Waals surface area (Å²) in [5, 5.41) is 5.87. The Labute approximate surface area is 205 Å². The van der Waals surface area contributed by atoms with Crippen molar-refractivity contribution >= 4 is 17.5 Å². The Kier molecular flexibility index (Phi) is 6.86. The summed E-state index contributed by atoms with van der Waals surface area (Å²) in [6.07, 6.45) is 4.67. The van der Waals surface area contributed by atoms with Gasteiger partial charge in [-0.2, -0.15) is 0 Å². The molecule has 2 atom stereocenters. The maximum atomic E-state index is 13.0. The van der Waals surface area contributed by atoms with E-state index in [1.807, 2.05) is 24.3 Å². The molecular weight excluding hydrogens is 442 g/mol. The normalized spacial score (nSPS) is 18.9. The van der Waals surface area contributed by atoms with Crippen molar-refractivity contribution in [3.8, 4) is 0 Å². The molecule has 2 unspecified atom stereocenters. The quantitative estimate of drug-likeness (QED) is 0.515. The Morgan fingerprint density at radius 2 is 1.94 bits per heavy atom. The Bertz CT molecular complexity index is 1200. The molecule has 0 spiro atoms. The van der Waals surface area contributed by atoms with Crippen LogP contribution in [-0.4, -0.2) is 37.1 Å². The van der Waals surface area contributed by atoms with E-state index in [9.17, 15) is 9.59 Å². The molecule has 182 valence electrons. The highest BCUT2D eigenvalue weighted by Crippen LogP contribution is 2.33. The first-order chi connectivity index (χ1) is 17.1. The van der Waals surface area contributed by atoms with Crippen LogP contribution in [0.1, 0.15) is 57.4 Å². The van der Waals surface area contributed by atoms with Crippen LogP contribution in [0.3, 0.4) is 0 Å². The molecule has 1 saturated heterocycles. The third-order valence-electron chi connectivity index (χ3n) is 6.80. The predicted molar refractivity (Wildman–Crippen MR) is 133 cm³/mol. The van der Waals surface area contributed by atoms with Gasteiger partial charge in [0.1, 0.15) is 0 Å². The van der Waals surface area contributed by atoms with Crippen molar-refractivity contribution in [1.29, 1.82) is 0 Å². The molecule has 2 aromatic carbocycles. The van der Waals surface area contributed by atoms with Gasteiger partial charge in [-0.05, 0) is 61.6 Å². The standard InChI is InChI=1S/C28H31N3O4/c1-19-14-21-7-2-3-10-25(21)31(19)18-23-11-13-35-26(23)28(33)29-16-20-6-4-8-22(15-20)27(32)30-17-24-9-5-12-34-24/h2-4,6-8,10-11,13,15,19,24H,5,9,12,14,16-18H2,1H3,(H,29,33)(H,30,32). The lowest BCUT2D eigenvalue weighted by Gasteiger charge is -2.24. The van der Waals surface area contributed by atoms with E-state index in [4.69, 9.17) is 9.15 Å². The molecule has 2 N–H and O–H groups in total. The van der Waals surface area contributed by atoms with Crippen LogP contribution in [-0.2, 0) is 24.2 Å². The summed E-state index contributed by atoms with van der Waals surface area (Å²) in [6.45, 7) is 4.38. The number of nitrogens with one attached hydrogen (secondary N) is 2. The number of carbonyl (C=O) groups is 2. The number of rotatable bonds is 8. The molecule has 0 saturated carbocycles. The van der Waals surface area contributed by atoms with E-state index in [1.54, 1.807) is 18.4 Å². The van der Waals surface area contributed by atoms with Gasteiger partial charge in [0.15, 0.2) is 5.76 Å². The zero-order valence-electron chi connectivity index (χ0n) is 20.0. The molecule has 2 aliphatic rings. The maximum absolute atomic E-state index is 13.0. The van der Waals surface area contributed by atoms with E-state index >= 15 is 0 Å². The Morgan fingerprint density at radius 1 is 1.06 bits per heavy atom. The van der Waals surface area contributed by atoms with Gasteiger partial charge >= 0.3 is 0 Å². The van der Waals surface area contributed by atoms with Gasteiger partial charge in [-0.15, -0.1) is 0 Å². The van der Waals surface area contributed by atoms with Gasteiger partial charge in [0, 0.05) is 49.1 Å². The third-order valence-corrected chi connectivity index (χ3v) is 6.80. The molecule has 35 heavy (non-hydrogen) atoms. The largest absolute Gasteiger partial charge is 0.459 e. The summed E-state index contributed by atoms with van der Waals surface area (Å²) in [5.74, 6) is -0.0765. The first kappa shape index (κ1) is 23.2. The van der Waals surface area contributed by atoms with Crippen LogP contribution in [0.2, 0.25) is 0 Å². The zero-order chi connectivity index (χ0) is 24.2. The van der Waals surface area contributed by atoms with E-state index in [-0.39, 0.29) is 17.9 Å². The van der Waals surface area contributed by atoms with E-state index < -0.39 is 0 Å². The molecule has 1 aromatic heterocycles. The second kappa shape index (κ2) is 10.4. The SMILES string of the molecule is CC1Cc2ccccc2N1Cc1ccoc1C(=O)NCc1cccc(C(=O)NCC2CCCO2)c1. The number of ether oxygens (including phenoxy) is 1. The second-order valence-corrected chi connectivity index (χ2v) is 9.31. The van der Waals surface area contributed by atoms with Gasteiger partial charge < -0.3 is 24.7 Å². The third kappa shape index (κ3) is 5.25. The van der Waals surface area contributed by atoms with Crippen LogP contribution in [0.4, 0.5) is 5.69 Å². The Morgan fingerprint density at radius 3 is 2.80 bits per heavy atom. The average molecular weight is 474 g/mol. The predicted octanol–water partition coefficient (Wildman–Crippen LogP) is 4.07. The monoisotopic (exact) mass is 473 g/mol. The van der Waals surface area contributed by atoms with E-state index in [0.717, 1.165) is 37.0 Å². The zero-order valence-corrected chi connectivity index (χ0v) is 20.0. The molecule has 7 heteroatoms. The fourth-order valence-electron chi connectivity index (χ4n) is 4.91. The van der Waals surface area contributed by atoms with Crippen LogP contribution in [0.15, 0.2) is 65.3 Å². The van der Waals surface area contributed by atoms with Crippen LogP contribution in [0, 0.1) is 0 Å². The summed E-state index contributed by atoms with van der Waals surface area (Å²) in [6, 6.07) is 17.9. The summed E-state index contributed by atoms with van der Waals surface area (Å²) in [7, 11) is 0. The highest BCUT2D eigenvalue weighted by atomic mass is 16.5. The van der Waals surface area contributed by atoms with E-state index in [1.165, 1.54) is 11.3 Å². The average Bonchev–Trinajstić information content (AvgIpc) is 3.63. The number of hydrogen-bond donors (Lipinski definition) is 2. The highest BCUT2D eigenvalue weighted by molar-refractivity contribution is 5.94. The number of hydrogen-bond acceptors (Lipinski definition) is 5. The first-order valence-corrected chi connectivity index (χ1v) is 12.3. The number of para-hydroxylation sites is 1. The summed E-state index contributed by atoms with van der Waals surface area (Å²) in [5.41, 5.74) is 4.80. The van der Waals surface area contributed by atoms with Gasteiger partial charge in [0.2, 0.25) is 0 Å². The molecule has 3 heterocycles. The van der Waals surface area contributed by atoms with Crippen molar-refractivity contribution in [3.05, 3.63) is 88.9 Å². The second-order valence-electron chi connectivity index (χ2n) is 9.31. The number of anilines is 1. The molecule has 0 aliphatic carbocycles. The van der Waals surface area contributed by atoms with E-state index in [0.29, 0.717) is 37.0 Å². The lowest BCUT2D eigenvalue weighted by atomic mass is 10.1. The van der Waals surface area contributed by atoms with Crippen molar-refractivity contribution in [3.63, 3.8) is 0 Å². The number of fused-ring (bicyclic) bond motifs is 1. The molecular formula is C28H31N3O4. The smallest absolute Gasteiger partial charge is 0.287 e. The van der Waals surface area contributed by atoms with Gasteiger partial charge in [-0.25, -0.2) is 0 Å². The number of benzene rings is 2. The summed E-state index contributed by atoms with van der Waals surface area (Å²) < 4.78 is 11.1. The molecule has 7 nitrogen and oxygen atoms in total. The molecule has 5 rings (SSSR count). The fraction of sp³-hybridized carbons (Fsp3) is 0.357. The van der Waals surface area contributed by atoms with E-state index in [2.05, 4.69) is 40.7 Å². The number of amides is 2. The van der Waals surface area contributed by atoms with Crippen LogP contribution >= 0.6 is 0 Å². The maximum Gasteiger partial charge on any atom is 0.287 e. The van der Waals surface area contributed by atoms with Crippen molar-refractivity contribution in [1.82, 2.24) is 10.6 Å². The van der Waals surface area contributed by atoms with Gasteiger partial charge in [-0.1, -0.05) is 30.3 Å². The molecule has 2 amide bonds. The first-order valence-electron chi connectivity index (χ1n) is 12.3. The minimum atomic E-state index is -0.265. The van der Waals surface area contributed by atoms with Gasteiger partial charge in [0.25, 0.3) is 11.8 Å². The lowest BCUT2D eigenvalue weighted by Crippen LogP contribution is -2.32. The Balaban J connectivity index is 1.19.